The zero-order valence-corrected chi connectivity index (χ0v) is 16.5. The van der Waals surface area contributed by atoms with Crippen LogP contribution in [-0.2, 0) is 11.3 Å². The fourth-order valence-corrected chi connectivity index (χ4v) is 3.16. The van der Waals surface area contributed by atoms with Crippen LogP contribution in [0.5, 0.6) is 0 Å². The largest absolute Gasteiger partial charge is 0.332 e. The van der Waals surface area contributed by atoms with Crippen molar-refractivity contribution in [2.45, 2.75) is 32.9 Å². The monoisotopic (exact) mass is 375 g/mol. The summed E-state index contributed by atoms with van der Waals surface area (Å²) in [6.07, 6.45) is 4.15. The highest BCUT2D eigenvalue weighted by Crippen LogP contribution is 2.19. The molecular formula is C23H25N3O2. The van der Waals surface area contributed by atoms with Gasteiger partial charge in [-0.3, -0.25) is 14.2 Å². The molecule has 3 aromatic rings. The van der Waals surface area contributed by atoms with Gasteiger partial charge in [-0.2, -0.15) is 0 Å². The van der Waals surface area contributed by atoms with Gasteiger partial charge in [0.25, 0.3) is 5.56 Å². The fraction of sp³-hybridized carbons (Fsp3) is 0.261. The maximum Gasteiger partial charge on any atom is 0.261 e. The van der Waals surface area contributed by atoms with Crippen LogP contribution >= 0.6 is 0 Å². The van der Waals surface area contributed by atoms with Gasteiger partial charge in [0.05, 0.1) is 16.9 Å². The molecule has 0 fully saturated rings. The number of amides is 1. The number of nitrogens with zero attached hydrogens (tertiary/aromatic N) is 3. The summed E-state index contributed by atoms with van der Waals surface area (Å²) in [6, 6.07) is 16.7. The molecule has 0 spiro atoms. The Labute approximate surface area is 164 Å². The second-order valence-corrected chi connectivity index (χ2v) is 6.81. The molecule has 5 heteroatoms. The zero-order chi connectivity index (χ0) is 20.1. The third-order valence-electron chi connectivity index (χ3n) is 4.86. The number of aromatic nitrogens is 2. The minimum atomic E-state index is -0.336. The van der Waals surface area contributed by atoms with Crippen molar-refractivity contribution >= 4 is 22.9 Å². The predicted octanol–water partition coefficient (Wildman–Crippen LogP) is 4.04. The molecule has 28 heavy (non-hydrogen) atoms. The molecule has 1 atom stereocenters. The Morgan fingerprint density at radius 3 is 2.54 bits per heavy atom. The Kier molecular flexibility index (Phi) is 6.04. The van der Waals surface area contributed by atoms with Gasteiger partial charge in [0.1, 0.15) is 5.82 Å². The van der Waals surface area contributed by atoms with Gasteiger partial charge in [0.15, 0.2) is 0 Å². The first-order valence-electron chi connectivity index (χ1n) is 9.52. The van der Waals surface area contributed by atoms with Crippen LogP contribution in [0.2, 0.25) is 0 Å². The van der Waals surface area contributed by atoms with Crippen LogP contribution in [-0.4, -0.2) is 27.4 Å². The van der Waals surface area contributed by atoms with E-state index in [0.717, 1.165) is 12.0 Å². The number of likely N-dealkylation sites (N-methyl/N-ethyl adjacent to an activating group) is 1. The summed E-state index contributed by atoms with van der Waals surface area (Å²) in [5, 5.41) is 0.602. The fourth-order valence-electron chi connectivity index (χ4n) is 3.16. The van der Waals surface area contributed by atoms with E-state index < -0.39 is 0 Å². The lowest BCUT2D eigenvalue weighted by Crippen LogP contribution is -2.34. The van der Waals surface area contributed by atoms with Crippen LogP contribution in [0.25, 0.3) is 17.0 Å². The Morgan fingerprint density at radius 1 is 1.14 bits per heavy atom. The molecule has 2 aromatic carbocycles. The van der Waals surface area contributed by atoms with Gasteiger partial charge < -0.3 is 4.90 Å². The minimum absolute atomic E-state index is 0.0602. The van der Waals surface area contributed by atoms with E-state index in [-0.39, 0.29) is 17.5 Å². The normalized spacial score (nSPS) is 12.4. The van der Waals surface area contributed by atoms with Crippen LogP contribution in [0.3, 0.4) is 0 Å². The molecule has 0 aliphatic carbocycles. The average Bonchev–Trinajstić information content (AvgIpc) is 2.73. The van der Waals surface area contributed by atoms with Gasteiger partial charge >= 0.3 is 0 Å². The van der Waals surface area contributed by atoms with Crippen LogP contribution in [0.1, 0.15) is 37.7 Å². The molecular weight excluding hydrogens is 350 g/mol. The summed E-state index contributed by atoms with van der Waals surface area (Å²) in [6.45, 7) is 4.49. The Balaban J connectivity index is 1.94. The number of para-hydroxylation sites is 1. The molecule has 1 amide bonds. The van der Waals surface area contributed by atoms with Gasteiger partial charge in [-0.15, -0.1) is 0 Å². The third-order valence-corrected chi connectivity index (χ3v) is 4.86. The second kappa shape index (κ2) is 8.65. The molecule has 3 rings (SSSR count). The maximum atomic E-state index is 13.0. The van der Waals surface area contributed by atoms with E-state index in [1.807, 2.05) is 62.4 Å². The zero-order valence-electron chi connectivity index (χ0n) is 16.5. The SMILES string of the molecule is CCCn1c(C(C)N(C)C(=O)/C=C/c2ccccc2)nc2ccccc2c1=O. The first-order valence-corrected chi connectivity index (χ1v) is 9.52. The van der Waals surface area contributed by atoms with Gasteiger partial charge in [0.2, 0.25) is 5.91 Å². The van der Waals surface area contributed by atoms with Crippen molar-refractivity contribution in [3.8, 4) is 0 Å². The first kappa shape index (κ1) is 19.5. The highest BCUT2D eigenvalue weighted by molar-refractivity contribution is 5.91. The quantitative estimate of drug-likeness (QED) is 0.611. The van der Waals surface area contributed by atoms with Crippen LogP contribution < -0.4 is 5.56 Å². The van der Waals surface area contributed by atoms with E-state index in [1.54, 1.807) is 34.7 Å². The van der Waals surface area contributed by atoms with E-state index in [9.17, 15) is 9.59 Å². The molecule has 1 unspecified atom stereocenters. The Bertz CT molecular complexity index is 1050. The first-order chi connectivity index (χ1) is 13.5. The van der Waals surface area contributed by atoms with Gasteiger partial charge in [0, 0.05) is 19.7 Å². The van der Waals surface area contributed by atoms with Crippen molar-refractivity contribution in [3.63, 3.8) is 0 Å². The van der Waals surface area contributed by atoms with Crippen molar-refractivity contribution in [1.29, 1.82) is 0 Å². The molecule has 0 bridgehead atoms. The summed E-state index contributed by atoms with van der Waals surface area (Å²) in [5.74, 6) is 0.469. The predicted molar refractivity (Wildman–Crippen MR) is 113 cm³/mol. The summed E-state index contributed by atoms with van der Waals surface area (Å²) in [4.78, 5) is 32.0. The molecule has 0 aliphatic rings. The van der Waals surface area contributed by atoms with Crippen molar-refractivity contribution in [2.75, 3.05) is 7.05 Å². The summed E-state index contributed by atoms with van der Waals surface area (Å²) < 4.78 is 1.69. The second-order valence-electron chi connectivity index (χ2n) is 6.81. The number of hydrogen-bond donors (Lipinski definition) is 0. The van der Waals surface area contributed by atoms with E-state index in [1.165, 1.54) is 0 Å². The maximum absolute atomic E-state index is 13.0. The van der Waals surface area contributed by atoms with E-state index in [0.29, 0.717) is 23.3 Å². The number of carbonyl (C=O) groups is 1. The van der Waals surface area contributed by atoms with Gasteiger partial charge in [-0.25, -0.2) is 4.98 Å². The van der Waals surface area contributed by atoms with Gasteiger partial charge in [-0.1, -0.05) is 49.4 Å². The number of hydrogen-bond acceptors (Lipinski definition) is 3. The molecule has 5 nitrogen and oxygen atoms in total. The minimum Gasteiger partial charge on any atom is -0.332 e. The molecule has 0 aliphatic heterocycles. The lowest BCUT2D eigenvalue weighted by Gasteiger charge is -2.26. The topological polar surface area (TPSA) is 55.2 Å². The van der Waals surface area contributed by atoms with Crippen molar-refractivity contribution in [1.82, 2.24) is 14.5 Å². The Hall–Kier alpha value is -3.21. The molecule has 0 radical (unpaired) electrons. The molecule has 0 N–H and O–H groups in total. The third kappa shape index (κ3) is 4.03. The summed E-state index contributed by atoms with van der Waals surface area (Å²) in [5.41, 5.74) is 1.56. The summed E-state index contributed by atoms with van der Waals surface area (Å²) >= 11 is 0. The lowest BCUT2D eigenvalue weighted by atomic mass is 10.2. The van der Waals surface area contributed by atoms with Gasteiger partial charge in [-0.05, 0) is 37.1 Å². The number of carbonyl (C=O) groups excluding carboxylic acids is 1. The Morgan fingerprint density at radius 2 is 1.82 bits per heavy atom. The van der Waals surface area contributed by atoms with E-state index in [4.69, 9.17) is 4.98 Å². The molecule has 0 saturated carbocycles. The highest BCUT2D eigenvalue weighted by Gasteiger charge is 2.22. The highest BCUT2D eigenvalue weighted by atomic mass is 16.2. The van der Waals surface area contributed by atoms with E-state index >= 15 is 0 Å². The molecule has 1 heterocycles. The lowest BCUT2D eigenvalue weighted by molar-refractivity contribution is -0.126. The standard InChI is InChI=1S/C23H25N3O2/c1-4-16-26-22(24-20-13-9-8-12-19(20)23(26)28)17(2)25(3)21(27)15-14-18-10-6-5-7-11-18/h5-15,17H,4,16H2,1-3H3/b15-14+. The molecule has 1 aromatic heterocycles. The smallest absolute Gasteiger partial charge is 0.261 e. The number of fused-ring (bicyclic) bond motifs is 1. The van der Waals surface area contributed by atoms with Crippen molar-refractivity contribution in [2.24, 2.45) is 0 Å². The van der Waals surface area contributed by atoms with Crippen LogP contribution in [0, 0.1) is 0 Å². The van der Waals surface area contributed by atoms with Crippen LogP contribution in [0.15, 0.2) is 65.5 Å². The number of rotatable bonds is 6. The molecule has 0 saturated heterocycles. The van der Waals surface area contributed by atoms with E-state index in [2.05, 4.69) is 0 Å². The van der Waals surface area contributed by atoms with Crippen molar-refractivity contribution < 1.29 is 4.79 Å². The molecule has 144 valence electrons. The average molecular weight is 375 g/mol. The van der Waals surface area contributed by atoms with Crippen molar-refractivity contribution in [3.05, 3.63) is 82.4 Å². The summed E-state index contributed by atoms with van der Waals surface area (Å²) in [7, 11) is 1.74. The number of benzene rings is 2. The van der Waals surface area contributed by atoms with Crippen LogP contribution in [0.4, 0.5) is 0 Å².